The van der Waals surface area contributed by atoms with Gasteiger partial charge >= 0.3 is 0 Å². The first kappa shape index (κ1) is 21.2. The van der Waals surface area contributed by atoms with Crippen molar-refractivity contribution in [2.45, 2.75) is 31.8 Å². The summed E-state index contributed by atoms with van der Waals surface area (Å²) < 4.78 is 24.4. The molecule has 6 nitrogen and oxygen atoms in total. The summed E-state index contributed by atoms with van der Waals surface area (Å²) in [4.78, 5) is 29.2. The second-order valence-electron chi connectivity index (χ2n) is 8.13. The molecule has 0 aromatic heterocycles. The summed E-state index contributed by atoms with van der Waals surface area (Å²) in [5.74, 6) is 1.22. The Labute approximate surface area is 181 Å². The molecule has 0 N–H and O–H groups in total. The summed E-state index contributed by atoms with van der Waals surface area (Å²) in [6.07, 6.45) is 2.21. The van der Waals surface area contributed by atoms with Crippen LogP contribution in [0.25, 0.3) is 0 Å². The van der Waals surface area contributed by atoms with Gasteiger partial charge in [-0.3, -0.25) is 9.59 Å². The lowest BCUT2D eigenvalue weighted by atomic mass is 9.98. The quantitative estimate of drug-likeness (QED) is 0.712. The number of halogens is 1. The number of amides is 2. The summed E-state index contributed by atoms with van der Waals surface area (Å²) in [5, 5.41) is 0. The van der Waals surface area contributed by atoms with Gasteiger partial charge in [0.2, 0.25) is 5.91 Å². The van der Waals surface area contributed by atoms with Crippen LogP contribution >= 0.6 is 0 Å². The number of carbonyl (C=O) groups excluding carboxylic acids is 2. The number of fused-ring (bicyclic) bond motifs is 1. The van der Waals surface area contributed by atoms with Gasteiger partial charge in [-0.2, -0.15) is 0 Å². The summed E-state index contributed by atoms with van der Waals surface area (Å²) in [6.45, 7) is 1.41. The monoisotopic (exact) mass is 426 g/mol. The summed E-state index contributed by atoms with van der Waals surface area (Å²) in [5.41, 5.74) is 0.765. The van der Waals surface area contributed by atoms with Crippen LogP contribution in [-0.2, 0) is 16.1 Å². The minimum absolute atomic E-state index is 0.0520. The molecule has 0 bridgehead atoms. The number of rotatable bonds is 6. The predicted molar refractivity (Wildman–Crippen MR) is 113 cm³/mol. The van der Waals surface area contributed by atoms with Gasteiger partial charge in [0.15, 0.2) is 6.61 Å². The zero-order chi connectivity index (χ0) is 21.8. The van der Waals surface area contributed by atoms with Crippen LogP contribution in [0, 0.1) is 11.7 Å². The molecule has 0 spiro atoms. The van der Waals surface area contributed by atoms with E-state index in [-0.39, 0.29) is 36.2 Å². The largest absolute Gasteiger partial charge is 0.497 e. The van der Waals surface area contributed by atoms with Crippen LogP contribution in [0.5, 0.6) is 11.5 Å². The number of hydrogen-bond donors (Lipinski definition) is 0. The second kappa shape index (κ2) is 9.37. The van der Waals surface area contributed by atoms with Crippen molar-refractivity contribution >= 4 is 11.8 Å². The maximum atomic E-state index is 13.6. The Morgan fingerprint density at radius 1 is 1.13 bits per heavy atom. The molecule has 2 aliphatic rings. The van der Waals surface area contributed by atoms with E-state index in [1.54, 1.807) is 42.3 Å². The van der Waals surface area contributed by atoms with Crippen LogP contribution in [0.15, 0.2) is 48.5 Å². The molecule has 2 aromatic carbocycles. The molecule has 2 amide bonds. The summed E-state index contributed by atoms with van der Waals surface area (Å²) in [7, 11) is 1.59. The first-order valence-corrected chi connectivity index (χ1v) is 10.6. The third-order valence-corrected chi connectivity index (χ3v) is 6.11. The summed E-state index contributed by atoms with van der Waals surface area (Å²) in [6, 6.07) is 13.4. The van der Waals surface area contributed by atoms with Gasteiger partial charge in [0.25, 0.3) is 5.91 Å². The van der Waals surface area contributed by atoms with Crippen molar-refractivity contribution in [2.75, 3.05) is 26.8 Å². The molecule has 0 radical (unpaired) electrons. The van der Waals surface area contributed by atoms with Crippen LogP contribution in [0.2, 0.25) is 0 Å². The van der Waals surface area contributed by atoms with E-state index >= 15 is 0 Å². The van der Waals surface area contributed by atoms with Gasteiger partial charge < -0.3 is 19.3 Å². The van der Waals surface area contributed by atoms with Crippen LogP contribution in [0.4, 0.5) is 4.39 Å². The lowest BCUT2D eigenvalue weighted by Gasteiger charge is -2.30. The Morgan fingerprint density at radius 3 is 2.65 bits per heavy atom. The number of methoxy groups -OCH3 is 1. The smallest absolute Gasteiger partial charge is 0.260 e. The highest BCUT2D eigenvalue weighted by Gasteiger charge is 2.41. The first-order chi connectivity index (χ1) is 15.0. The van der Waals surface area contributed by atoms with Gasteiger partial charge in [0, 0.05) is 26.1 Å². The number of benzene rings is 2. The van der Waals surface area contributed by atoms with Crippen LogP contribution in [0.1, 0.15) is 24.8 Å². The normalized spacial score (nSPS) is 20.9. The van der Waals surface area contributed by atoms with Crippen molar-refractivity contribution in [2.24, 2.45) is 5.92 Å². The lowest BCUT2D eigenvalue weighted by Crippen LogP contribution is -2.43. The maximum absolute atomic E-state index is 13.6. The molecule has 4 rings (SSSR count). The Hall–Kier alpha value is -3.09. The average molecular weight is 426 g/mol. The van der Waals surface area contributed by atoms with E-state index in [2.05, 4.69) is 0 Å². The molecular formula is C24H27FN2O4. The minimum atomic E-state index is -0.310. The standard InChI is InChI=1S/C24H27FN2O4/c1-30-20-8-10-21(11-9-20)31-16-24(29)26-14-18-5-3-7-23(28)27(22(18)15-26)13-17-4-2-6-19(25)12-17/h2,4,6,8-12,18,22H,3,5,7,13-16H2,1H3. The van der Waals surface area contributed by atoms with E-state index in [1.807, 2.05) is 11.0 Å². The van der Waals surface area contributed by atoms with Gasteiger partial charge in [-0.05, 0) is 60.7 Å². The molecule has 7 heteroatoms. The molecular weight excluding hydrogens is 399 g/mol. The van der Waals surface area contributed by atoms with Crippen molar-refractivity contribution in [3.63, 3.8) is 0 Å². The van der Waals surface area contributed by atoms with E-state index in [1.165, 1.54) is 12.1 Å². The zero-order valence-corrected chi connectivity index (χ0v) is 17.6. The summed E-state index contributed by atoms with van der Waals surface area (Å²) >= 11 is 0. The fourth-order valence-corrected chi connectivity index (χ4v) is 4.48. The highest BCUT2D eigenvalue weighted by molar-refractivity contribution is 5.79. The van der Waals surface area contributed by atoms with Gasteiger partial charge in [0.05, 0.1) is 13.2 Å². The number of ether oxygens (including phenoxy) is 2. The Kier molecular flexibility index (Phi) is 6.39. The third kappa shape index (κ3) is 4.98. The van der Waals surface area contributed by atoms with Crippen molar-refractivity contribution in [1.82, 2.24) is 9.80 Å². The molecule has 2 atom stereocenters. The fraction of sp³-hybridized carbons (Fsp3) is 0.417. The highest BCUT2D eigenvalue weighted by atomic mass is 19.1. The fourth-order valence-electron chi connectivity index (χ4n) is 4.48. The van der Waals surface area contributed by atoms with Crippen molar-refractivity contribution in [3.8, 4) is 11.5 Å². The third-order valence-electron chi connectivity index (χ3n) is 6.11. The molecule has 2 fully saturated rings. The van der Waals surface area contributed by atoms with E-state index < -0.39 is 0 Å². The highest BCUT2D eigenvalue weighted by Crippen LogP contribution is 2.32. The SMILES string of the molecule is COc1ccc(OCC(=O)N2CC3CCCC(=O)N(Cc4cccc(F)c4)C3C2)cc1. The second-order valence-corrected chi connectivity index (χ2v) is 8.13. The van der Waals surface area contributed by atoms with Gasteiger partial charge in [-0.15, -0.1) is 0 Å². The molecule has 0 aliphatic carbocycles. The maximum Gasteiger partial charge on any atom is 0.260 e. The zero-order valence-electron chi connectivity index (χ0n) is 17.6. The molecule has 31 heavy (non-hydrogen) atoms. The van der Waals surface area contributed by atoms with E-state index in [9.17, 15) is 14.0 Å². The number of carbonyl (C=O) groups is 2. The lowest BCUT2D eigenvalue weighted by molar-refractivity contribution is -0.136. The Balaban J connectivity index is 1.40. The van der Waals surface area contributed by atoms with E-state index in [0.717, 1.165) is 24.2 Å². The van der Waals surface area contributed by atoms with E-state index in [4.69, 9.17) is 9.47 Å². The van der Waals surface area contributed by atoms with Crippen molar-refractivity contribution < 1.29 is 23.5 Å². The molecule has 164 valence electrons. The number of likely N-dealkylation sites (tertiary alicyclic amines) is 2. The van der Waals surface area contributed by atoms with Crippen LogP contribution in [0.3, 0.4) is 0 Å². The number of nitrogens with zero attached hydrogens (tertiary/aromatic N) is 2. The minimum Gasteiger partial charge on any atom is -0.497 e. The first-order valence-electron chi connectivity index (χ1n) is 10.6. The van der Waals surface area contributed by atoms with Crippen LogP contribution in [-0.4, -0.2) is 54.5 Å². The van der Waals surface area contributed by atoms with Crippen LogP contribution < -0.4 is 9.47 Å². The topological polar surface area (TPSA) is 59.1 Å². The van der Waals surface area contributed by atoms with Gasteiger partial charge in [-0.1, -0.05) is 12.1 Å². The molecule has 2 saturated heterocycles. The molecule has 2 unspecified atom stereocenters. The Morgan fingerprint density at radius 2 is 1.90 bits per heavy atom. The van der Waals surface area contributed by atoms with Crippen molar-refractivity contribution in [3.05, 3.63) is 59.9 Å². The van der Waals surface area contributed by atoms with E-state index in [0.29, 0.717) is 31.8 Å². The van der Waals surface area contributed by atoms with Gasteiger partial charge in [0.1, 0.15) is 17.3 Å². The molecule has 2 aromatic rings. The molecule has 2 heterocycles. The molecule has 2 aliphatic heterocycles. The average Bonchev–Trinajstić information content (AvgIpc) is 3.14. The van der Waals surface area contributed by atoms with Gasteiger partial charge in [-0.25, -0.2) is 4.39 Å². The Bertz CT molecular complexity index is 933. The predicted octanol–water partition coefficient (Wildman–Crippen LogP) is 3.25. The van der Waals surface area contributed by atoms with Crippen molar-refractivity contribution in [1.29, 1.82) is 0 Å². The number of hydrogen-bond acceptors (Lipinski definition) is 4. The molecule has 0 saturated carbocycles.